The minimum Gasteiger partial charge on any atom is -0.400 e. The van der Waals surface area contributed by atoms with Crippen molar-refractivity contribution in [2.45, 2.75) is 0 Å². The molecule has 0 fully saturated rings. The van der Waals surface area contributed by atoms with Crippen molar-refractivity contribution in [3.8, 4) is 0 Å². The first-order valence-corrected chi connectivity index (χ1v) is 2.12. The Morgan fingerprint density at radius 1 is 1.50 bits per heavy atom. The van der Waals surface area contributed by atoms with Crippen molar-refractivity contribution in [3.05, 3.63) is 0 Å². The van der Waals surface area contributed by atoms with Crippen LogP contribution < -0.4 is 5.73 Å². The highest BCUT2D eigenvalue weighted by Gasteiger charge is 2.07. The van der Waals surface area contributed by atoms with E-state index in [9.17, 15) is 0 Å². The summed E-state index contributed by atoms with van der Waals surface area (Å²) in [7, 11) is -1.87. The maximum absolute atomic E-state index is 7.95. The highest BCUT2D eigenvalue weighted by atomic mass is 17.2. The van der Waals surface area contributed by atoms with Crippen LogP contribution in [-0.4, -0.2) is 30.5 Å². The van der Waals surface area contributed by atoms with Crippen LogP contribution in [0, 0.1) is 0 Å². The third-order valence-electron chi connectivity index (χ3n) is 0.355. The van der Waals surface area contributed by atoms with Crippen molar-refractivity contribution < 1.29 is 19.7 Å². The topological polar surface area (TPSA) is 84.9 Å². The summed E-state index contributed by atoms with van der Waals surface area (Å²) in [5.74, 6) is 0. The quantitative estimate of drug-likeness (QED) is 0.171. The van der Waals surface area contributed by atoms with Gasteiger partial charge >= 0.3 is 7.32 Å². The molecule has 0 saturated heterocycles. The molecule has 0 aromatic rings. The Morgan fingerprint density at radius 2 is 2.12 bits per heavy atom. The molecule has 48 valence electrons. The van der Waals surface area contributed by atoms with Crippen LogP contribution in [0.25, 0.3) is 0 Å². The van der Waals surface area contributed by atoms with E-state index in [1.54, 1.807) is 0 Å². The molecule has 6 heteroatoms. The molecule has 0 aliphatic carbocycles. The van der Waals surface area contributed by atoms with Gasteiger partial charge < -0.3 is 15.8 Å². The van der Waals surface area contributed by atoms with Crippen LogP contribution in [0.4, 0.5) is 0 Å². The lowest BCUT2D eigenvalue weighted by atomic mass is 10.3. The molecule has 5 nitrogen and oxygen atoms in total. The van der Waals surface area contributed by atoms with E-state index in [0.29, 0.717) is 0 Å². The van der Waals surface area contributed by atoms with E-state index in [2.05, 4.69) is 9.69 Å². The van der Waals surface area contributed by atoms with E-state index in [-0.39, 0.29) is 13.2 Å². The molecule has 0 heterocycles. The second-order valence-electron chi connectivity index (χ2n) is 1.03. The molecule has 0 bridgehead atoms. The highest BCUT2D eigenvalue weighted by Crippen LogP contribution is 1.75. The van der Waals surface area contributed by atoms with E-state index >= 15 is 0 Å². The van der Waals surface area contributed by atoms with Gasteiger partial charge in [0.1, 0.15) is 0 Å². The summed E-state index contributed by atoms with van der Waals surface area (Å²) in [6.07, 6.45) is 0. The molecule has 0 aromatic carbocycles. The van der Waals surface area contributed by atoms with Gasteiger partial charge in [-0.15, -0.1) is 0 Å². The molecular formula is C2H8BNO4. The average molecular weight is 121 g/mol. The fraction of sp³-hybridized carbons (Fsp3) is 1.00. The van der Waals surface area contributed by atoms with Gasteiger partial charge in [0.25, 0.3) is 0 Å². The predicted molar refractivity (Wildman–Crippen MR) is 26.3 cm³/mol. The summed E-state index contributed by atoms with van der Waals surface area (Å²) in [5.41, 5.74) is 4.95. The Bertz CT molecular complexity index is 51.3. The SMILES string of the molecule is NCCOOB(O)O. The standard InChI is InChI=1S/C2H8BNO4/c4-1-2-7-8-3(5)6/h5-6H,1-2,4H2. The fourth-order valence-electron chi connectivity index (χ4n) is 0.157. The van der Waals surface area contributed by atoms with Gasteiger partial charge in [0.15, 0.2) is 0 Å². The van der Waals surface area contributed by atoms with Crippen LogP contribution in [0.15, 0.2) is 0 Å². The van der Waals surface area contributed by atoms with E-state index in [1.807, 2.05) is 0 Å². The monoisotopic (exact) mass is 121 g/mol. The van der Waals surface area contributed by atoms with Crippen LogP contribution in [0.5, 0.6) is 0 Å². The Balaban J connectivity index is 2.72. The molecule has 4 N–H and O–H groups in total. The lowest BCUT2D eigenvalue weighted by molar-refractivity contribution is -0.231. The molecule has 0 aliphatic heterocycles. The van der Waals surface area contributed by atoms with Crippen molar-refractivity contribution in [1.82, 2.24) is 0 Å². The number of nitrogens with two attached hydrogens (primary N) is 1. The molecule has 0 saturated carbocycles. The summed E-state index contributed by atoms with van der Waals surface area (Å²) in [6.45, 7) is 0.435. The van der Waals surface area contributed by atoms with E-state index in [0.717, 1.165) is 0 Å². The van der Waals surface area contributed by atoms with Crippen molar-refractivity contribution >= 4 is 7.32 Å². The fourth-order valence-corrected chi connectivity index (χ4v) is 0.157. The van der Waals surface area contributed by atoms with E-state index in [4.69, 9.17) is 15.8 Å². The smallest absolute Gasteiger partial charge is 0.400 e. The van der Waals surface area contributed by atoms with Gasteiger partial charge in [-0.2, -0.15) is 0 Å². The van der Waals surface area contributed by atoms with Crippen LogP contribution in [0.2, 0.25) is 0 Å². The molecule has 0 spiro atoms. The third-order valence-corrected chi connectivity index (χ3v) is 0.355. The third kappa shape index (κ3) is 5.86. The van der Waals surface area contributed by atoms with Crippen LogP contribution in [0.1, 0.15) is 0 Å². The van der Waals surface area contributed by atoms with Crippen molar-refractivity contribution in [2.75, 3.05) is 13.2 Å². The van der Waals surface area contributed by atoms with Gasteiger partial charge in [0.2, 0.25) is 0 Å². The Labute approximate surface area is 47.1 Å². The first kappa shape index (κ1) is 7.86. The normalized spacial score (nSPS) is 9.38. The van der Waals surface area contributed by atoms with Crippen LogP contribution in [-0.2, 0) is 9.69 Å². The minimum absolute atomic E-state index is 0.150. The molecular weight excluding hydrogens is 113 g/mol. The second-order valence-corrected chi connectivity index (χ2v) is 1.03. The predicted octanol–water partition coefficient (Wildman–Crippen LogP) is -2.14. The Hall–Kier alpha value is -0.135. The molecule has 0 amide bonds. The number of hydrogen-bond acceptors (Lipinski definition) is 5. The number of hydrogen-bond donors (Lipinski definition) is 3. The lowest BCUT2D eigenvalue weighted by Crippen LogP contribution is -2.19. The molecule has 0 radical (unpaired) electrons. The average Bonchev–Trinajstić information content (AvgIpc) is 1.66. The van der Waals surface area contributed by atoms with Crippen molar-refractivity contribution in [2.24, 2.45) is 5.73 Å². The van der Waals surface area contributed by atoms with Crippen molar-refractivity contribution in [3.63, 3.8) is 0 Å². The van der Waals surface area contributed by atoms with Crippen LogP contribution in [0.3, 0.4) is 0 Å². The van der Waals surface area contributed by atoms with Crippen LogP contribution >= 0.6 is 0 Å². The number of rotatable bonds is 4. The van der Waals surface area contributed by atoms with E-state index < -0.39 is 7.32 Å². The zero-order valence-corrected chi connectivity index (χ0v) is 4.28. The largest absolute Gasteiger partial charge is 0.662 e. The van der Waals surface area contributed by atoms with Gasteiger partial charge in [0.05, 0.1) is 6.61 Å². The Kier molecular flexibility index (Phi) is 4.93. The summed E-state index contributed by atoms with van der Waals surface area (Å²) < 4.78 is 0. The van der Waals surface area contributed by atoms with Gasteiger partial charge in [-0.3, -0.25) is 0 Å². The van der Waals surface area contributed by atoms with Gasteiger partial charge in [-0.1, -0.05) is 0 Å². The second kappa shape index (κ2) is 5.01. The van der Waals surface area contributed by atoms with E-state index in [1.165, 1.54) is 0 Å². The maximum Gasteiger partial charge on any atom is 0.662 e. The zero-order chi connectivity index (χ0) is 6.41. The summed E-state index contributed by atoms with van der Waals surface area (Å²) in [6, 6.07) is 0. The maximum atomic E-state index is 7.95. The molecule has 0 aromatic heterocycles. The lowest BCUT2D eigenvalue weighted by Gasteiger charge is -1.97. The first-order chi connectivity index (χ1) is 3.77. The molecule has 0 unspecified atom stereocenters. The minimum atomic E-state index is -1.87. The highest BCUT2D eigenvalue weighted by molar-refractivity contribution is 6.32. The summed E-state index contributed by atoms with van der Waals surface area (Å²) >= 11 is 0. The van der Waals surface area contributed by atoms with Gasteiger partial charge in [-0.25, -0.2) is 9.69 Å². The summed E-state index contributed by atoms with van der Waals surface area (Å²) in [4.78, 5) is 7.93. The zero-order valence-electron chi connectivity index (χ0n) is 4.28. The Morgan fingerprint density at radius 3 is 2.50 bits per heavy atom. The molecule has 0 rings (SSSR count). The molecule has 0 aliphatic rings. The van der Waals surface area contributed by atoms with Gasteiger partial charge in [-0.05, 0) is 0 Å². The first-order valence-electron chi connectivity index (χ1n) is 2.12. The molecule has 0 atom stereocenters. The van der Waals surface area contributed by atoms with Crippen molar-refractivity contribution in [1.29, 1.82) is 0 Å². The van der Waals surface area contributed by atoms with Gasteiger partial charge in [0, 0.05) is 6.54 Å². The molecule has 8 heavy (non-hydrogen) atoms. The summed E-state index contributed by atoms with van der Waals surface area (Å²) in [5, 5.41) is 15.9.